The predicted octanol–water partition coefficient (Wildman–Crippen LogP) is 5.49. The summed E-state index contributed by atoms with van der Waals surface area (Å²) in [6.07, 6.45) is 3.08. The van der Waals surface area contributed by atoms with Crippen molar-refractivity contribution in [2.75, 3.05) is 43.5 Å². The largest absolute Gasteiger partial charge is 0.463 e. The van der Waals surface area contributed by atoms with E-state index in [4.69, 9.17) is 14.2 Å². The molecule has 0 spiro atoms. The van der Waals surface area contributed by atoms with Crippen LogP contribution in [0.3, 0.4) is 0 Å². The number of ether oxygens (including phenoxy) is 3. The van der Waals surface area contributed by atoms with Crippen LogP contribution in [-0.2, 0) is 30.3 Å². The molecular weight excluding hydrogens is 554 g/mol. The summed E-state index contributed by atoms with van der Waals surface area (Å²) in [6, 6.07) is 23.5. The van der Waals surface area contributed by atoms with Gasteiger partial charge in [0.25, 0.3) is 5.91 Å². The van der Waals surface area contributed by atoms with Crippen molar-refractivity contribution < 1.29 is 23.8 Å². The molecule has 0 radical (unpaired) electrons. The molecule has 0 aliphatic carbocycles. The molecule has 2 N–H and O–H groups in total. The molecule has 6 rings (SSSR count). The SMILES string of the molecule is CCOC(=O)C1=C(C(=O)Nc2c(C)cccc2C)[C@@H]2C=C[C@@]1([C@@H](Nc1ccccc1)c1ccc(CN3CCOCC3)cc1)O2. The van der Waals surface area contributed by atoms with E-state index < -0.39 is 23.7 Å². The lowest BCUT2D eigenvalue weighted by Crippen LogP contribution is -2.42. The Hall–Kier alpha value is -4.24. The number of nitrogens with one attached hydrogen (secondary N) is 2. The zero-order valence-electron chi connectivity index (χ0n) is 25.5. The Balaban J connectivity index is 1.40. The molecule has 3 atom stereocenters. The van der Waals surface area contributed by atoms with Crippen molar-refractivity contribution in [2.45, 2.75) is 45.1 Å². The van der Waals surface area contributed by atoms with E-state index in [1.165, 1.54) is 5.56 Å². The van der Waals surface area contributed by atoms with Gasteiger partial charge < -0.3 is 24.8 Å². The number of esters is 1. The third kappa shape index (κ3) is 5.80. The zero-order chi connectivity index (χ0) is 30.7. The highest BCUT2D eigenvalue weighted by Gasteiger charge is 2.58. The van der Waals surface area contributed by atoms with Crippen LogP contribution in [0.15, 0.2) is 96.1 Å². The van der Waals surface area contributed by atoms with Crippen molar-refractivity contribution in [3.05, 3.63) is 118 Å². The van der Waals surface area contributed by atoms with Gasteiger partial charge >= 0.3 is 5.97 Å². The van der Waals surface area contributed by atoms with Crippen LogP contribution < -0.4 is 10.6 Å². The first-order valence-electron chi connectivity index (χ1n) is 15.3. The minimum Gasteiger partial charge on any atom is -0.463 e. The molecule has 0 unspecified atom stereocenters. The highest BCUT2D eigenvalue weighted by Crippen LogP contribution is 2.51. The molecular formula is C36H39N3O5. The van der Waals surface area contributed by atoms with Crippen molar-refractivity contribution in [3.8, 4) is 0 Å². The first kappa shape index (κ1) is 29.8. The Kier molecular flexibility index (Phi) is 8.66. The van der Waals surface area contributed by atoms with E-state index in [0.717, 1.165) is 60.9 Å². The monoisotopic (exact) mass is 593 g/mol. The van der Waals surface area contributed by atoms with Crippen LogP contribution in [0.2, 0.25) is 0 Å². The number of amides is 1. The normalized spacial score (nSPS) is 21.8. The predicted molar refractivity (Wildman–Crippen MR) is 170 cm³/mol. The highest BCUT2D eigenvalue weighted by molar-refractivity contribution is 6.12. The lowest BCUT2D eigenvalue weighted by Gasteiger charge is -2.36. The van der Waals surface area contributed by atoms with Crippen molar-refractivity contribution in [2.24, 2.45) is 0 Å². The standard InChI is InChI=1S/C36H39N3O5/c1-4-43-35(41)31-30(34(40)38-32-24(2)9-8-10-25(32)3)29-17-18-36(31,44-29)33(37-28-11-6-5-7-12-28)27-15-13-26(14-16-27)23-39-19-21-42-22-20-39/h5-18,29,33,37H,4,19-23H2,1-3H3,(H,38,40)/t29-,33-,36+/m0/s1. The Morgan fingerprint density at radius 3 is 2.36 bits per heavy atom. The fraction of sp³-hybridized carbons (Fsp3) is 0.333. The molecule has 0 saturated carbocycles. The summed E-state index contributed by atoms with van der Waals surface area (Å²) in [6.45, 7) is 9.97. The average Bonchev–Trinajstić information content (AvgIpc) is 3.62. The Morgan fingerprint density at radius 2 is 1.68 bits per heavy atom. The summed E-state index contributed by atoms with van der Waals surface area (Å²) >= 11 is 0. The second kappa shape index (κ2) is 12.8. The number of anilines is 2. The second-order valence-corrected chi connectivity index (χ2v) is 11.5. The van der Waals surface area contributed by atoms with Crippen molar-refractivity contribution in [1.29, 1.82) is 0 Å². The summed E-state index contributed by atoms with van der Waals surface area (Å²) in [7, 11) is 0. The summed E-state index contributed by atoms with van der Waals surface area (Å²) in [4.78, 5) is 30.2. The molecule has 3 aliphatic rings. The lowest BCUT2D eigenvalue weighted by molar-refractivity contribution is -0.140. The number of para-hydroxylation sites is 2. The first-order chi connectivity index (χ1) is 21.4. The summed E-state index contributed by atoms with van der Waals surface area (Å²) in [5, 5.41) is 6.71. The summed E-state index contributed by atoms with van der Waals surface area (Å²) in [5.74, 6) is -0.934. The maximum atomic E-state index is 14.0. The number of carbonyl (C=O) groups is 2. The van der Waals surface area contributed by atoms with Crippen molar-refractivity contribution >= 4 is 23.3 Å². The van der Waals surface area contributed by atoms with E-state index in [1.807, 2.05) is 74.5 Å². The summed E-state index contributed by atoms with van der Waals surface area (Å²) < 4.78 is 17.8. The number of morpholine rings is 1. The molecule has 8 heteroatoms. The molecule has 228 valence electrons. The van der Waals surface area contributed by atoms with Gasteiger partial charge in [-0.25, -0.2) is 4.79 Å². The van der Waals surface area contributed by atoms with Crippen LogP contribution >= 0.6 is 0 Å². The molecule has 44 heavy (non-hydrogen) atoms. The maximum absolute atomic E-state index is 14.0. The van der Waals surface area contributed by atoms with Gasteiger partial charge in [0.15, 0.2) is 0 Å². The number of carbonyl (C=O) groups excluding carboxylic acids is 2. The van der Waals surface area contributed by atoms with Crippen LogP contribution in [0, 0.1) is 13.8 Å². The van der Waals surface area contributed by atoms with Gasteiger partial charge in [-0.3, -0.25) is 9.69 Å². The first-order valence-corrected chi connectivity index (χ1v) is 15.3. The minimum absolute atomic E-state index is 0.172. The van der Waals surface area contributed by atoms with Crippen molar-refractivity contribution in [1.82, 2.24) is 4.90 Å². The summed E-state index contributed by atoms with van der Waals surface area (Å²) in [5.41, 5.74) is 4.80. The van der Waals surface area contributed by atoms with E-state index in [-0.39, 0.29) is 23.7 Å². The maximum Gasteiger partial charge on any atom is 0.337 e. The molecule has 0 aromatic heterocycles. The van der Waals surface area contributed by atoms with Gasteiger partial charge in [0, 0.05) is 31.0 Å². The highest BCUT2D eigenvalue weighted by atomic mass is 16.5. The topological polar surface area (TPSA) is 89.1 Å². The molecule has 8 nitrogen and oxygen atoms in total. The molecule has 1 amide bonds. The van der Waals surface area contributed by atoms with Crippen LogP contribution in [0.5, 0.6) is 0 Å². The molecule has 1 fully saturated rings. The van der Waals surface area contributed by atoms with E-state index >= 15 is 0 Å². The molecule has 3 aliphatic heterocycles. The Labute approximate surface area is 258 Å². The van der Waals surface area contributed by atoms with Crippen LogP contribution in [0.1, 0.15) is 35.2 Å². The Bertz CT molecular complexity index is 1560. The Morgan fingerprint density at radius 1 is 0.977 bits per heavy atom. The quantitative estimate of drug-likeness (QED) is 0.237. The number of fused-ring (bicyclic) bond motifs is 2. The van der Waals surface area contributed by atoms with Gasteiger partial charge in [-0.15, -0.1) is 0 Å². The van der Waals surface area contributed by atoms with Crippen LogP contribution in [0.4, 0.5) is 11.4 Å². The zero-order valence-corrected chi connectivity index (χ0v) is 25.5. The molecule has 3 aromatic carbocycles. The van der Waals surface area contributed by atoms with Gasteiger partial charge in [0.1, 0.15) is 11.7 Å². The van der Waals surface area contributed by atoms with E-state index in [2.05, 4.69) is 39.8 Å². The minimum atomic E-state index is -1.27. The third-order valence-electron chi connectivity index (χ3n) is 8.57. The number of rotatable bonds is 10. The van der Waals surface area contributed by atoms with E-state index in [0.29, 0.717) is 0 Å². The van der Waals surface area contributed by atoms with E-state index in [9.17, 15) is 9.59 Å². The average molecular weight is 594 g/mol. The number of benzene rings is 3. The number of aryl methyl sites for hydroxylation is 2. The number of hydrogen-bond acceptors (Lipinski definition) is 7. The van der Waals surface area contributed by atoms with Gasteiger partial charge in [0.2, 0.25) is 0 Å². The lowest BCUT2D eigenvalue weighted by atomic mass is 9.78. The molecule has 3 aromatic rings. The van der Waals surface area contributed by atoms with E-state index in [1.54, 1.807) is 6.92 Å². The molecule has 2 bridgehead atoms. The number of hydrogen-bond donors (Lipinski definition) is 2. The van der Waals surface area contributed by atoms with Crippen LogP contribution in [-0.4, -0.2) is 61.4 Å². The molecule has 1 saturated heterocycles. The van der Waals surface area contributed by atoms with Crippen LogP contribution in [0.25, 0.3) is 0 Å². The fourth-order valence-corrected chi connectivity index (χ4v) is 6.36. The van der Waals surface area contributed by atoms with Gasteiger partial charge in [-0.05, 0) is 61.2 Å². The fourth-order valence-electron chi connectivity index (χ4n) is 6.36. The van der Waals surface area contributed by atoms with Gasteiger partial charge in [-0.2, -0.15) is 0 Å². The van der Waals surface area contributed by atoms with Gasteiger partial charge in [-0.1, -0.05) is 66.7 Å². The molecule has 3 heterocycles. The third-order valence-corrected chi connectivity index (χ3v) is 8.57. The number of nitrogens with zero attached hydrogens (tertiary/aromatic N) is 1. The second-order valence-electron chi connectivity index (χ2n) is 11.5. The van der Waals surface area contributed by atoms with Gasteiger partial charge in [0.05, 0.1) is 37.0 Å². The smallest absolute Gasteiger partial charge is 0.337 e. The van der Waals surface area contributed by atoms with Crippen molar-refractivity contribution in [3.63, 3.8) is 0 Å².